The molecule has 0 radical (unpaired) electrons. The summed E-state index contributed by atoms with van der Waals surface area (Å²) in [6.07, 6.45) is 1.25. The van der Waals surface area contributed by atoms with Gasteiger partial charge in [0.1, 0.15) is 5.75 Å². The normalized spacial score (nSPS) is 10.7. The van der Waals surface area contributed by atoms with E-state index < -0.39 is 17.8 Å². The number of nitrogens with one attached hydrogen (secondary N) is 2. The number of hydrogen-bond acceptors (Lipinski definition) is 5. The number of rotatable bonds is 5. The summed E-state index contributed by atoms with van der Waals surface area (Å²) in [5, 5.41) is 6.98. The molecule has 3 aromatic carbocycles. The zero-order valence-electron chi connectivity index (χ0n) is 17.1. The smallest absolute Gasteiger partial charge is 0.345 e. The number of benzene rings is 3. The highest BCUT2D eigenvalue weighted by Crippen LogP contribution is 2.25. The Kier molecular flexibility index (Phi) is 8.21. The lowest BCUT2D eigenvalue weighted by atomic mass is 10.2. The third-order valence-corrected chi connectivity index (χ3v) is 5.59. The second-order valence-corrected chi connectivity index (χ2v) is 8.35. The van der Waals surface area contributed by atoms with Gasteiger partial charge in [0.05, 0.1) is 16.8 Å². The molecule has 33 heavy (non-hydrogen) atoms. The number of hydrazone groups is 1. The SMILES string of the molecule is Cc1c(Cl)cccc1NC(=O)C(=O)N/N=C\c1cc(Br)ccc1OC(=O)c1ccccc1Cl. The molecule has 0 saturated heterocycles. The van der Waals surface area contributed by atoms with Gasteiger partial charge in [0.15, 0.2) is 0 Å². The Morgan fingerprint density at radius 1 is 0.970 bits per heavy atom. The molecule has 0 spiro atoms. The van der Waals surface area contributed by atoms with Crippen LogP contribution in [0, 0.1) is 6.92 Å². The molecule has 168 valence electrons. The molecule has 0 aliphatic carbocycles. The van der Waals surface area contributed by atoms with Crippen molar-refractivity contribution in [3.05, 3.63) is 91.9 Å². The van der Waals surface area contributed by atoms with Gasteiger partial charge in [0.25, 0.3) is 0 Å². The quantitative estimate of drug-likeness (QED) is 0.147. The third-order valence-electron chi connectivity index (χ3n) is 4.36. The monoisotopic (exact) mass is 547 g/mol. The van der Waals surface area contributed by atoms with Crippen molar-refractivity contribution in [1.82, 2.24) is 5.43 Å². The van der Waals surface area contributed by atoms with Crippen LogP contribution in [0.4, 0.5) is 5.69 Å². The van der Waals surface area contributed by atoms with Crippen molar-refractivity contribution in [2.75, 3.05) is 5.32 Å². The van der Waals surface area contributed by atoms with Gasteiger partial charge in [0.2, 0.25) is 0 Å². The van der Waals surface area contributed by atoms with Crippen molar-refractivity contribution < 1.29 is 19.1 Å². The number of carbonyl (C=O) groups excluding carboxylic acids is 3. The first-order chi connectivity index (χ1) is 15.8. The van der Waals surface area contributed by atoms with Crippen molar-refractivity contribution in [2.24, 2.45) is 5.10 Å². The molecule has 0 aromatic heterocycles. The van der Waals surface area contributed by atoms with Gasteiger partial charge < -0.3 is 10.1 Å². The van der Waals surface area contributed by atoms with Crippen molar-refractivity contribution >= 4 is 68.8 Å². The minimum Gasteiger partial charge on any atom is -0.422 e. The molecule has 0 unspecified atom stereocenters. The lowest BCUT2D eigenvalue weighted by molar-refractivity contribution is -0.136. The Hall–Kier alpha value is -3.20. The molecule has 3 rings (SSSR count). The van der Waals surface area contributed by atoms with E-state index in [-0.39, 0.29) is 16.3 Å². The topological polar surface area (TPSA) is 96.9 Å². The Morgan fingerprint density at radius 3 is 2.45 bits per heavy atom. The van der Waals surface area contributed by atoms with Gasteiger partial charge in [-0.2, -0.15) is 5.10 Å². The second kappa shape index (κ2) is 11.1. The van der Waals surface area contributed by atoms with Gasteiger partial charge in [-0.1, -0.05) is 57.3 Å². The molecular weight excluding hydrogens is 533 g/mol. The molecule has 2 amide bonds. The van der Waals surface area contributed by atoms with Gasteiger partial charge in [-0.25, -0.2) is 10.2 Å². The maximum absolute atomic E-state index is 12.5. The fourth-order valence-electron chi connectivity index (χ4n) is 2.63. The van der Waals surface area contributed by atoms with Gasteiger partial charge >= 0.3 is 17.8 Å². The van der Waals surface area contributed by atoms with Crippen LogP contribution in [0.25, 0.3) is 0 Å². The lowest BCUT2D eigenvalue weighted by Crippen LogP contribution is -2.32. The first-order valence-corrected chi connectivity index (χ1v) is 11.0. The van der Waals surface area contributed by atoms with E-state index in [0.717, 1.165) is 0 Å². The minimum absolute atomic E-state index is 0.181. The highest BCUT2D eigenvalue weighted by atomic mass is 79.9. The number of halogens is 3. The fraction of sp³-hybridized carbons (Fsp3) is 0.0435. The predicted molar refractivity (Wildman–Crippen MR) is 131 cm³/mol. The summed E-state index contributed by atoms with van der Waals surface area (Å²) in [6.45, 7) is 1.71. The summed E-state index contributed by atoms with van der Waals surface area (Å²) < 4.78 is 6.12. The predicted octanol–water partition coefficient (Wildman–Crippen LogP) is 5.37. The number of esters is 1. The number of carbonyl (C=O) groups is 3. The standard InChI is InChI=1S/C23H16BrCl2N3O4/c1-13-17(25)7-4-8-19(13)28-21(30)22(31)29-27-12-14-11-15(24)9-10-20(14)33-23(32)16-5-2-3-6-18(16)26/h2-12H,1H3,(H,28,30)(H,29,31)/b27-12-. The fourth-order valence-corrected chi connectivity index (χ4v) is 3.39. The van der Waals surface area contributed by atoms with E-state index in [0.29, 0.717) is 26.3 Å². The van der Waals surface area contributed by atoms with E-state index in [9.17, 15) is 14.4 Å². The second-order valence-electron chi connectivity index (χ2n) is 6.62. The number of nitrogens with zero attached hydrogens (tertiary/aromatic N) is 1. The Morgan fingerprint density at radius 2 is 1.70 bits per heavy atom. The summed E-state index contributed by atoms with van der Waals surface area (Å²) in [5.74, 6) is -2.38. The minimum atomic E-state index is -0.991. The molecule has 0 atom stereocenters. The van der Waals surface area contributed by atoms with Crippen LogP contribution >= 0.6 is 39.1 Å². The van der Waals surface area contributed by atoms with E-state index in [1.165, 1.54) is 12.3 Å². The van der Waals surface area contributed by atoms with Crippen molar-refractivity contribution in [2.45, 2.75) is 6.92 Å². The van der Waals surface area contributed by atoms with Gasteiger partial charge in [-0.15, -0.1) is 0 Å². The van der Waals surface area contributed by atoms with Crippen LogP contribution in [0.3, 0.4) is 0 Å². The molecule has 0 bridgehead atoms. The van der Waals surface area contributed by atoms with Gasteiger partial charge in [0, 0.05) is 20.7 Å². The zero-order valence-corrected chi connectivity index (χ0v) is 20.2. The molecule has 0 fully saturated rings. The Balaban J connectivity index is 1.69. The molecule has 0 aliphatic heterocycles. The van der Waals surface area contributed by atoms with Crippen LogP contribution in [0.15, 0.2) is 70.2 Å². The Labute approximate surface area is 207 Å². The highest BCUT2D eigenvalue weighted by Gasteiger charge is 2.16. The maximum Gasteiger partial charge on any atom is 0.345 e. The maximum atomic E-state index is 12.5. The van der Waals surface area contributed by atoms with Crippen molar-refractivity contribution in [3.63, 3.8) is 0 Å². The third kappa shape index (κ3) is 6.41. The number of anilines is 1. The molecule has 0 aliphatic rings. The number of hydrogen-bond donors (Lipinski definition) is 2. The van der Waals surface area contributed by atoms with E-state index in [1.54, 1.807) is 61.5 Å². The summed E-state index contributed by atoms with van der Waals surface area (Å²) in [6, 6.07) is 16.3. The van der Waals surface area contributed by atoms with Crippen LogP contribution in [0.2, 0.25) is 10.0 Å². The first kappa shape index (κ1) is 24.4. The highest BCUT2D eigenvalue weighted by molar-refractivity contribution is 9.10. The number of amides is 2. The summed E-state index contributed by atoms with van der Waals surface area (Å²) in [4.78, 5) is 36.7. The molecule has 0 saturated carbocycles. The average Bonchev–Trinajstić information content (AvgIpc) is 2.78. The summed E-state index contributed by atoms with van der Waals surface area (Å²) in [5.41, 5.74) is 3.74. The molecule has 10 heteroatoms. The van der Waals surface area contributed by atoms with Crippen LogP contribution in [-0.4, -0.2) is 24.0 Å². The molecule has 7 nitrogen and oxygen atoms in total. The van der Waals surface area contributed by atoms with Gasteiger partial charge in [-0.05, 0) is 55.0 Å². The van der Waals surface area contributed by atoms with Crippen LogP contribution in [-0.2, 0) is 9.59 Å². The van der Waals surface area contributed by atoms with Crippen LogP contribution in [0.5, 0.6) is 5.75 Å². The largest absolute Gasteiger partial charge is 0.422 e. The zero-order chi connectivity index (χ0) is 24.0. The molecule has 3 aromatic rings. The summed E-state index contributed by atoms with van der Waals surface area (Å²) >= 11 is 15.4. The van der Waals surface area contributed by atoms with E-state index in [2.05, 4.69) is 31.8 Å². The van der Waals surface area contributed by atoms with E-state index in [1.807, 2.05) is 0 Å². The van der Waals surface area contributed by atoms with E-state index in [4.69, 9.17) is 27.9 Å². The molecule has 0 heterocycles. The van der Waals surface area contributed by atoms with Crippen molar-refractivity contribution in [3.8, 4) is 5.75 Å². The first-order valence-electron chi connectivity index (χ1n) is 9.42. The average molecular weight is 549 g/mol. The number of ether oxygens (including phenoxy) is 1. The lowest BCUT2D eigenvalue weighted by Gasteiger charge is -2.09. The molecular formula is C23H16BrCl2N3O4. The van der Waals surface area contributed by atoms with Crippen molar-refractivity contribution in [1.29, 1.82) is 0 Å². The van der Waals surface area contributed by atoms with Crippen LogP contribution < -0.4 is 15.5 Å². The van der Waals surface area contributed by atoms with E-state index >= 15 is 0 Å². The Bertz CT molecular complexity index is 1260. The molecule has 2 N–H and O–H groups in total. The summed E-state index contributed by atoms with van der Waals surface area (Å²) in [7, 11) is 0. The van der Waals surface area contributed by atoms with Gasteiger partial charge in [-0.3, -0.25) is 9.59 Å². The van der Waals surface area contributed by atoms with Crippen LogP contribution in [0.1, 0.15) is 21.5 Å².